The molecule has 1 heterocycles. The van der Waals surface area contributed by atoms with Crippen LogP contribution in [0, 0.1) is 11.3 Å². The van der Waals surface area contributed by atoms with E-state index in [4.69, 9.17) is 5.11 Å². The van der Waals surface area contributed by atoms with Crippen LogP contribution in [-0.2, 0) is 4.79 Å². The molecule has 108 valence electrons. The summed E-state index contributed by atoms with van der Waals surface area (Å²) in [4.78, 5) is 25.0. The summed E-state index contributed by atoms with van der Waals surface area (Å²) < 4.78 is 0. The third-order valence-corrected chi connectivity index (χ3v) is 4.89. The molecular formula is C14H24N2O3. The molecule has 3 atom stereocenters. The Morgan fingerprint density at radius 1 is 1.32 bits per heavy atom. The van der Waals surface area contributed by atoms with Gasteiger partial charge >= 0.3 is 12.0 Å². The Hall–Kier alpha value is -1.26. The average molecular weight is 268 g/mol. The molecule has 0 aromatic carbocycles. The topological polar surface area (TPSA) is 69.6 Å². The summed E-state index contributed by atoms with van der Waals surface area (Å²) in [6.45, 7) is 6.72. The first kappa shape index (κ1) is 14.2. The fraction of sp³-hybridized carbons (Fsp3) is 0.857. The lowest BCUT2D eigenvalue weighted by Crippen LogP contribution is -2.50. The lowest BCUT2D eigenvalue weighted by molar-refractivity contribution is -0.142. The molecule has 5 heteroatoms. The number of hydrogen-bond acceptors (Lipinski definition) is 2. The molecule has 2 amide bonds. The van der Waals surface area contributed by atoms with E-state index in [9.17, 15) is 9.59 Å². The summed E-state index contributed by atoms with van der Waals surface area (Å²) in [6, 6.07) is -0.116. The average Bonchev–Trinajstić information content (AvgIpc) is 2.83. The van der Waals surface area contributed by atoms with E-state index in [-0.39, 0.29) is 23.5 Å². The third kappa shape index (κ3) is 2.69. The maximum absolute atomic E-state index is 12.3. The molecule has 2 N–H and O–H groups in total. The number of amides is 2. The highest BCUT2D eigenvalue weighted by Crippen LogP contribution is 2.37. The maximum atomic E-state index is 12.3. The minimum Gasteiger partial charge on any atom is -0.481 e. The van der Waals surface area contributed by atoms with Crippen LogP contribution in [0.2, 0.25) is 0 Å². The van der Waals surface area contributed by atoms with E-state index in [2.05, 4.69) is 19.2 Å². The Labute approximate surface area is 114 Å². The van der Waals surface area contributed by atoms with Gasteiger partial charge in [0.15, 0.2) is 0 Å². The number of carbonyl (C=O) groups excluding carboxylic acids is 1. The van der Waals surface area contributed by atoms with Crippen molar-refractivity contribution in [2.75, 3.05) is 6.54 Å². The minimum absolute atomic E-state index is 0.101. The SMILES string of the molecule is CC1C(C(=O)O)CCN1C(=O)NC1CCCC1(C)C. The van der Waals surface area contributed by atoms with Gasteiger partial charge in [-0.15, -0.1) is 0 Å². The van der Waals surface area contributed by atoms with E-state index >= 15 is 0 Å². The second-order valence-electron chi connectivity index (χ2n) is 6.55. The van der Waals surface area contributed by atoms with Gasteiger partial charge in [0.2, 0.25) is 0 Å². The number of nitrogens with one attached hydrogen (secondary N) is 1. The molecular weight excluding hydrogens is 244 g/mol. The molecule has 1 saturated heterocycles. The van der Waals surface area contributed by atoms with Gasteiger partial charge in [0.05, 0.1) is 5.92 Å². The molecule has 1 aliphatic carbocycles. The highest BCUT2D eigenvalue weighted by Gasteiger charge is 2.41. The fourth-order valence-electron chi connectivity index (χ4n) is 3.38. The number of nitrogens with zero attached hydrogens (tertiary/aromatic N) is 1. The smallest absolute Gasteiger partial charge is 0.317 e. The van der Waals surface area contributed by atoms with Crippen LogP contribution < -0.4 is 5.32 Å². The second-order valence-corrected chi connectivity index (χ2v) is 6.55. The van der Waals surface area contributed by atoms with E-state index < -0.39 is 11.9 Å². The lowest BCUT2D eigenvalue weighted by Gasteiger charge is -2.31. The van der Waals surface area contributed by atoms with Crippen molar-refractivity contribution >= 4 is 12.0 Å². The minimum atomic E-state index is -0.802. The van der Waals surface area contributed by atoms with Crippen molar-refractivity contribution in [3.8, 4) is 0 Å². The number of rotatable bonds is 2. The van der Waals surface area contributed by atoms with E-state index in [0.717, 1.165) is 19.3 Å². The molecule has 0 aromatic heterocycles. The standard InChI is InChI=1S/C14H24N2O3/c1-9-10(12(17)18)6-8-16(9)13(19)15-11-5-4-7-14(11,2)3/h9-11H,4-8H2,1-3H3,(H,15,19)(H,17,18). The number of urea groups is 1. The molecule has 0 bridgehead atoms. The van der Waals surface area contributed by atoms with Crippen molar-refractivity contribution in [3.05, 3.63) is 0 Å². The Bertz CT molecular complexity index is 381. The summed E-state index contributed by atoms with van der Waals surface area (Å²) in [5.41, 5.74) is 0.144. The van der Waals surface area contributed by atoms with Gasteiger partial charge in [0, 0.05) is 18.6 Å². The second kappa shape index (κ2) is 5.02. The molecule has 1 saturated carbocycles. The van der Waals surface area contributed by atoms with E-state index in [1.54, 1.807) is 4.90 Å². The van der Waals surface area contributed by atoms with Gasteiger partial charge in [-0.2, -0.15) is 0 Å². The van der Waals surface area contributed by atoms with E-state index in [1.807, 2.05) is 6.92 Å². The van der Waals surface area contributed by atoms with E-state index in [1.165, 1.54) is 0 Å². The van der Waals surface area contributed by atoms with Crippen LogP contribution >= 0.6 is 0 Å². The summed E-state index contributed by atoms with van der Waals surface area (Å²) >= 11 is 0. The van der Waals surface area contributed by atoms with Crippen molar-refractivity contribution in [2.45, 2.75) is 58.5 Å². The molecule has 0 aromatic rings. The van der Waals surface area contributed by atoms with Crippen LogP contribution in [-0.4, -0.2) is 40.6 Å². The number of likely N-dealkylation sites (tertiary alicyclic amines) is 1. The predicted octanol–water partition coefficient (Wildman–Crippen LogP) is 2.07. The molecule has 0 spiro atoms. The van der Waals surface area contributed by atoms with Gasteiger partial charge in [-0.1, -0.05) is 20.3 Å². The van der Waals surface area contributed by atoms with Crippen molar-refractivity contribution in [1.82, 2.24) is 10.2 Å². The molecule has 3 unspecified atom stereocenters. The monoisotopic (exact) mass is 268 g/mol. The highest BCUT2D eigenvalue weighted by atomic mass is 16.4. The Balaban J connectivity index is 1.96. The fourth-order valence-corrected chi connectivity index (χ4v) is 3.38. The first-order valence-electron chi connectivity index (χ1n) is 7.13. The first-order chi connectivity index (χ1) is 8.83. The summed E-state index contributed by atoms with van der Waals surface area (Å²) in [5.74, 6) is -1.23. The van der Waals surface area contributed by atoms with Gasteiger partial charge in [0.25, 0.3) is 0 Å². The number of aliphatic carboxylic acids is 1. The molecule has 2 fully saturated rings. The van der Waals surface area contributed by atoms with Gasteiger partial charge < -0.3 is 15.3 Å². The van der Waals surface area contributed by atoms with Gasteiger partial charge in [-0.25, -0.2) is 4.79 Å². The van der Waals surface area contributed by atoms with Crippen molar-refractivity contribution in [2.24, 2.45) is 11.3 Å². The maximum Gasteiger partial charge on any atom is 0.317 e. The van der Waals surface area contributed by atoms with Crippen molar-refractivity contribution < 1.29 is 14.7 Å². The van der Waals surface area contributed by atoms with Crippen molar-refractivity contribution in [1.29, 1.82) is 0 Å². The van der Waals surface area contributed by atoms with E-state index in [0.29, 0.717) is 13.0 Å². The zero-order chi connectivity index (χ0) is 14.2. The Morgan fingerprint density at radius 2 is 2.00 bits per heavy atom. The number of carbonyl (C=O) groups is 2. The molecule has 1 aliphatic heterocycles. The first-order valence-corrected chi connectivity index (χ1v) is 7.13. The molecule has 5 nitrogen and oxygen atoms in total. The Kier molecular flexibility index (Phi) is 3.74. The number of carboxylic acids is 1. The zero-order valence-electron chi connectivity index (χ0n) is 12.0. The van der Waals surface area contributed by atoms with Crippen LogP contribution in [0.1, 0.15) is 46.5 Å². The van der Waals surface area contributed by atoms with Gasteiger partial charge in [-0.3, -0.25) is 4.79 Å². The lowest BCUT2D eigenvalue weighted by atomic mass is 9.87. The Morgan fingerprint density at radius 3 is 2.47 bits per heavy atom. The zero-order valence-corrected chi connectivity index (χ0v) is 12.0. The molecule has 19 heavy (non-hydrogen) atoms. The number of hydrogen-bond donors (Lipinski definition) is 2. The normalized spacial score (nSPS) is 33.4. The van der Waals surface area contributed by atoms with Gasteiger partial charge in [-0.05, 0) is 31.6 Å². The number of carboxylic acid groups (broad SMARTS) is 1. The largest absolute Gasteiger partial charge is 0.481 e. The molecule has 2 rings (SSSR count). The van der Waals surface area contributed by atoms with Gasteiger partial charge in [0.1, 0.15) is 0 Å². The quantitative estimate of drug-likeness (QED) is 0.805. The van der Waals surface area contributed by atoms with Crippen LogP contribution in [0.5, 0.6) is 0 Å². The van der Waals surface area contributed by atoms with Crippen LogP contribution in [0.15, 0.2) is 0 Å². The van der Waals surface area contributed by atoms with Crippen molar-refractivity contribution in [3.63, 3.8) is 0 Å². The highest BCUT2D eigenvalue weighted by molar-refractivity contribution is 5.78. The molecule has 2 aliphatic rings. The third-order valence-electron chi connectivity index (χ3n) is 4.89. The predicted molar refractivity (Wildman–Crippen MR) is 71.9 cm³/mol. The van der Waals surface area contributed by atoms with Crippen LogP contribution in [0.4, 0.5) is 4.79 Å². The summed E-state index contributed by atoms with van der Waals surface area (Å²) in [7, 11) is 0. The van der Waals surface area contributed by atoms with Crippen LogP contribution in [0.3, 0.4) is 0 Å². The summed E-state index contributed by atoms with van der Waals surface area (Å²) in [5, 5.41) is 12.2. The van der Waals surface area contributed by atoms with Crippen LogP contribution in [0.25, 0.3) is 0 Å². The summed E-state index contributed by atoms with van der Waals surface area (Å²) in [6.07, 6.45) is 3.85. The molecule has 0 radical (unpaired) electrons.